The van der Waals surface area contributed by atoms with Crippen LogP contribution in [0.3, 0.4) is 0 Å². The highest BCUT2D eigenvalue weighted by atomic mass is 32.1. The van der Waals surface area contributed by atoms with Gasteiger partial charge < -0.3 is 4.74 Å². The van der Waals surface area contributed by atoms with Gasteiger partial charge >= 0.3 is 0 Å². The molecule has 0 amide bonds. The molecule has 2 rings (SSSR count). The number of aromatic nitrogens is 1. The number of ether oxygens (including phenoxy) is 1. The van der Waals surface area contributed by atoms with Crippen LogP contribution in [0, 0.1) is 6.92 Å². The Labute approximate surface area is 117 Å². The highest BCUT2D eigenvalue weighted by Gasteiger charge is 1.95. The van der Waals surface area contributed by atoms with E-state index in [2.05, 4.69) is 22.4 Å². The molecule has 2 aromatic rings. The van der Waals surface area contributed by atoms with Crippen molar-refractivity contribution in [3.63, 3.8) is 0 Å². The van der Waals surface area contributed by atoms with E-state index in [1.165, 1.54) is 0 Å². The van der Waals surface area contributed by atoms with Crippen LogP contribution < -0.4 is 10.2 Å². The van der Waals surface area contributed by atoms with Gasteiger partial charge in [0.2, 0.25) is 5.13 Å². The average Bonchev–Trinajstić information content (AvgIpc) is 2.84. The fourth-order valence-electron chi connectivity index (χ4n) is 1.44. The van der Waals surface area contributed by atoms with Crippen molar-refractivity contribution < 1.29 is 4.74 Å². The minimum atomic E-state index is 0.748. The molecule has 100 valence electrons. The highest BCUT2D eigenvalue weighted by Crippen LogP contribution is 2.14. The molecule has 0 aliphatic heterocycles. The van der Waals surface area contributed by atoms with E-state index < -0.39 is 0 Å². The monoisotopic (exact) mass is 275 g/mol. The topological polar surface area (TPSA) is 46.5 Å². The van der Waals surface area contributed by atoms with Gasteiger partial charge in [-0.15, -0.1) is 11.3 Å². The quantitative estimate of drug-likeness (QED) is 0.646. The summed E-state index contributed by atoms with van der Waals surface area (Å²) in [5.41, 5.74) is 4.93. The Bertz CT molecular complexity index is 534. The van der Waals surface area contributed by atoms with Crippen molar-refractivity contribution in [3.05, 3.63) is 40.9 Å². The molecule has 0 radical (unpaired) electrons. The number of aryl methyl sites for hydroxylation is 1. The lowest BCUT2D eigenvalue weighted by Crippen LogP contribution is -1.95. The third kappa shape index (κ3) is 4.37. The number of nitrogens with zero attached hydrogens (tertiary/aromatic N) is 2. The van der Waals surface area contributed by atoms with Crippen molar-refractivity contribution in [1.29, 1.82) is 0 Å². The Morgan fingerprint density at radius 1 is 1.37 bits per heavy atom. The Morgan fingerprint density at radius 3 is 2.79 bits per heavy atom. The summed E-state index contributed by atoms with van der Waals surface area (Å²) in [5, 5.41) is 6.94. The predicted octanol–water partition coefficient (Wildman–Crippen LogP) is 3.69. The summed E-state index contributed by atoms with van der Waals surface area (Å²) in [7, 11) is 0. The van der Waals surface area contributed by atoms with E-state index in [9.17, 15) is 0 Å². The molecule has 5 heteroatoms. The van der Waals surface area contributed by atoms with Gasteiger partial charge in [0, 0.05) is 5.38 Å². The van der Waals surface area contributed by atoms with Crippen molar-refractivity contribution in [3.8, 4) is 5.75 Å². The zero-order chi connectivity index (χ0) is 13.5. The standard InChI is InChI=1S/C14H17N3OS/c1-3-8-18-13-6-4-12(5-7-13)9-15-17-14-16-11(2)10-19-14/h4-7,9-10H,3,8H2,1-2H3,(H,16,17)/b15-9-. The molecule has 1 aromatic carbocycles. The molecular weight excluding hydrogens is 258 g/mol. The van der Waals surface area contributed by atoms with Crippen LogP contribution in [0.4, 0.5) is 5.13 Å². The van der Waals surface area contributed by atoms with Crippen molar-refractivity contribution >= 4 is 22.7 Å². The molecule has 1 N–H and O–H groups in total. The first-order valence-corrected chi connectivity index (χ1v) is 7.10. The molecule has 0 aliphatic rings. The van der Waals surface area contributed by atoms with Crippen molar-refractivity contribution in [2.24, 2.45) is 5.10 Å². The van der Waals surface area contributed by atoms with Crippen LogP contribution in [0.15, 0.2) is 34.7 Å². The van der Waals surface area contributed by atoms with Crippen molar-refractivity contribution in [2.45, 2.75) is 20.3 Å². The Balaban J connectivity index is 1.88. The minimum absolute atomic E-state index is 0.748. The molecule has 0 spiro atoms. The Morgan fingerprint density at radius 2 is 2.16 bits per heavy atom. The van der Waals surface area contributed by atoms with Gasteiger partial charge in [0.25, 0.3) is 0 Å². The molecule has 1 aromatic heterocycles. The number of hydrazone groups is 1. The van der Waals surface area contributed by atoms with Gasteiger partial charge in [-0.2, -0.15) is 5.10 Å². The van der Waals surface area contributed by atoms with Crippen LogP contribution in [0.2, 0.25) is 0 Å². The van der Waals surface area contributed by atoms with Crippen molar-refractivity contribution in [1.82, 2.24) is 4.98 Å². The van der Waals surface area contributed by atoms with E-state index in [1.807, 2.05) is 36.6 Å². The summed E-state index contributed by atoms with van der Waals surface area (Å²) in [6.07, 6.45) is 2.78. The third-order valence-electron chi connectivity index (χ3n) is 2.35. The van der Waals surface area contributed by atoms with E-state index >= 15 is 0 Å². The molecule has 0 aliphatic carbocycles. The van der Waals surface area contributed by atoms with E-state index in [1.54, 1.807) is 17.6 Å². The lowest BCUT2D eigenvalue weighted by atomic mass is 10.2. The molecule has 4 nitrogen and oxygen atoms in total. The van der Waals surface area contributed by atoms with Gasteiger partial charge in [-0.1, -0.05) is 6.92 Å². The number of benzene rings is 1. The van der Waals surface area contributed by atoms with Gasteiger partial charge in [0.15, 0.2) is 0 Å². The van der Waals surface area contributed by atoms with Crippen LogP contribution in [0.5, 0.6) is 5.75 Å². The van der Waals surface area contributed by atoms with Crippen LogP contribution in [-0.4, -0.2) is 17.8 Å². The molecule has 0 atom stereocenters. The Kier molecular flexibility index (Phi) is 4.92. The molecule has 1 heterocycles. The summed E-state index contributed by atoms with van der Waals surface area (Å²) in [5.74, 6) is 0.891. The zero-order valence-corrected chi connectivity index (χ0v) is 11.9. The first-order valence-electron chi connectivity index (χ1n) is 6.22. The molecular formula is C14H17N3OS. The van der Waals surface area contributed by atoms with Gasteiger partial charge in [-0.05, 0) is 43.2 Å². The maximum absolute atomic E-state index is 5.52. The van der Waals surface area contributed by atoms with Gasteiger partial charge in [0.1, 0.15) is 5.75 Å². The molecule has 0 fully saturated rings. The normalized spacial score (nSPS) is 10.8. The number of nitrogens with one attached hydrogen (secondary N) is 1. The summed E-state index contributed by atoms with van der Waals surface area (Å²) in [4.78, 5) is 4.26. The Hall–Kier alpha value is -1.88. The fourth-order valence-corrected chi connectivity index (χ4v) is 2.07. The molecule has 0 unspecified atom stereocenters. The summed E-state index contributed by atoms with van der Waals surface area (Å²) in [6.45, 7) is 4.80. The zero-order valence-electron chi connectivity index (χ0n) is 11.1. The number of thiazole rings is 1. The lowest BCUT2D eigenvalue weighted by molar-refractivity contribution is 0.317. The minimum Gasteiger partial charge on any atom is -0.494 e. The maximum atomic E-state index is 5.52. The molecule has 19 heavy (non-hydrogen) atoms. The van der Waals surface area contributed by atoms with E-state index in [4.69, 9.17) is 4.74 Å². The second-order valence-corrected chi connectivity index (χ2v) is 4.94. The molecule has 0 bridgehead atoms. The van der Waals surface area contributed by atoms with Gasteiger partial charge in [-0.3, -0.25) is 5.43 Å². The average molecular weight is 275 g/mol. The van der Waals surface area contributed by atoms with Crippen molar-refractivity contribution in [2.75, 3.05) is 12.0 Å². The number of hydrogen-bond donors (Lipinski definition) is 1. The summed E-state index contributed by atoms with van der Waals surface area (Å²) in [6, 6.07) is 7.85. The molecule has 0 saturated heterocycles. The van der Waals surface area contributed by atoms with E-state index in [-0.39, 0.29) is 0 Å². The second-order valence-electron chi connectivity index (χ2n) is 4.08. The lowest BCUT2D eigenvalue weighted by Gasteiger charge is -2.03. The van der Waals surface area contributed by atoms with Gasteiger partial charge in [0.05, 0.1) is 18.5 Å². The summed E-state index contributed by atoms with van der Waals surface area (Å²) >= 11 is 1.54. The molecule has 0 saturated carbocycles. The van der Waals surface area contributed by atoms with Crippen LogP contribution >= 0.6 is 11.3 Å². The first kappa shape index (κ1) is 13.5. The maximum Gasteiger partial charge on any atom is 0.203 e. The largest absolute Gasteiger partial charge is 0.494 e. The number of anilines is 1. The third-order valence-corrected chi connectivity index (χ3v) is 3.21. The fraction of sp³-hybridized carbons (Fsp3) is 0.286. The summed E-state index contributed by atoms with van der Waals surface area (Å²) < 4.78 is 5.52. The number of rotatable bonds is 6. The SMILES string of the molecule is CCCOc1ccc(/C=N\Nc2nc(C)cs2)cc1. The van der Waals surface area contributed by atoms with Crippen LogP contribution in [-0.2, 0) is 0 Å². The highest BCUT2D eigenvalue weighted by molar-refractivity contribution is 7.13. The smallest absolute Gasteiger partial charge is 0.203 e. The van der Waals surface area contributed by atoms with E-state index in [0.29, 0.717) is 0 Å². The first-order chi connectivity index (χ1) is 9.28. The second kappa shape index (κ2) is 6.89. The van der Waals surface area contributed by atoms with Gasteiger partial charge in [-0.25, -0.2) is 4.98 Å². The number of hydrogen-bond acceptors (Lipinski definition) is 5. The predicted molar refractivity (Wildman–Crippen MR) is 80.3 cm³/mol. The van der Waals surface area contributed by atoms with Crippen LogP contribution in [0.25, 0.3) is 0 Å². The van der Waals surface area contributed by atoms with E-state index in [0.717, 1.165) is 35.2 Å². The van der Waals surface area contributed by atoms with Crippen LogP contribution in [0.1, 0.15) is 24.6 Å².